The van der Waals surface area contributed by atoms with Crippen molar-refractivity contribution >= 4 is 17.4 Å². The molecule has 1 aromatic rings. The maximum absolute atomic E-state index is 6.11. The molecule has 0 amide bonds. The minimum Gasteiger partial charge on any atom is -0.353 e. The van der Waals surface area contributed by atoms with E-state index in [1.54, 1.807) is 0 Å². The van der Waals surface area contributed by atoms with Crippen molar-refractivity contribution in [3.63, 3.8) is 0 Å². The summed E-state index contributed by atoms with van der Waals surface area (Å²) in [6.45, 7) is 5.44. The van der Waals surface area contributed by atoms with Crippen molar-refractivity contribution in [3.05, 3.63) is 17.0 Å². The molecule has 0 aromatic carbocycles. The van der Waals surface area contributed by atoms with E-state index in [0.717, 1.165) is 31.0 Å². The molecule has 100 valence electrons. The van der Waals surface area contributed by atoms with E-state index < -0.39 is 0 Å². The Balaban J connectivity index is 2.17. The van der Waals surface area contributed by atoms with Gasteiger partial charge >= 0.3 is 0 Å². The summed E-state index contributed by atoms with van der Waals surface area (Å²) in [7, 11) is 0. The fourth-order valence-corrected chi connectivity index (χ4v) is 2.33. The van der Waals surface area contributed by atoms with E-state index in [9.17, 15) is 0 Å². The maximum Gasteiger partial charge on any atom is 0.134 e. The largest absolute Gasteiger partial charge is 0.353 e. The van der Waals surface area contributed by atoms with Gasteiger partial charge in [-0.15, -0.1) is 0 Å². The monoisotopic (exact) mass is 267 g/mol. The van der Waals surface area contributed by atoms with Gasteiger partial charge in [0.05, 0.1) is 0 Å². The summed E-state index contributed by atoms with van der Waals surface area (Å²) in [6.07, 6.45) is 6.95. The molecule has 3 nitrogen and oxygen atoms in total. The van der Waals surface area contributed by atoms with E-state index in [1.165, 1.54) is 25.7 Å². The topological polar surface area (TPSA) is 29.0 Å². The Morgan fingerprint density at radius 2 is 2.06 bits per heavy atom. The van der Waals surface area contributed by atoms with Crippen LogP contribution >= 0.6 is 11.6 Å². The summed E-state index contributed by atoms with van der Waals surface area (Å²) in [5, 5.41) is 0.575. The van der Waals surface area contributed by atoms with Gasteiger partial charge in [0.2, 0.25) is 0 Å². The average Bonchev–Trinajstić information content (AvgIpc) is 3.14. The second-order valence-electron chi connectivity index (χ2n) is 4.99. The third kappa shape index (κ3) is 3.58. The second-order valence-corrected chi connectivity index (χ2v) is 5.38. The van der Waals surface area contributed by atoms with Crippen molar-refractivity contribution < 1.29 is 0 Å². The molecule has 0 aliphatic heterocycles. The summed E-state index contributed by atoms with van der Waals surface area (Å²) < 4.78 is 0. The zero-order chi connectivity index (χ0) is 13.0. The summed E-state index contributed by atoms with van der Waals surface area (Å²) in [5.74, 6) is 1.90. The molecule has 1 aromatic heterocycles. The van der Waals surface area contributed by atoms with Gasteiger partial charge in [-0.05, 0) is 25.7 Å². The predicted molar refractivity (Wildman–Crippen MR) is 76.3 cm³/mol. The second kappa shape index (κ2) is 6.37. The molecule has 1 saturated carbocycles. The van der Waals surface area contributed by atoms with E-state index >= 15 is 0 Å². The first-order chi connectivity index (χ1) is 8.74. The summed E-state index contributed by atoms with van der Waals surface area (Å²) in [5.41, 5.74) is 0. The molecule has 18 heavy (non-hydrogen) atoms. The van der Waals surface area contributed by atoms with Crippen LogP contribution in [0, 0.1) is 0 Å². The molecular weight excluding hydrogens is 246 g/mol. The van der Waals surface area contributed by atoms with Crippen LogP contribution < -0.4 is 4.90 Å². The molecule has 1 fully saturated rings. The van der Waals surface area contributed by atoms with Crippen LogP contribution in [0.3, 0.4) is 0 Å². The zero-order valence-corrected chi connectivity index (χ0v) is 12.1. The number of hydrogen-bond acceptors (Lipinski definition) is 3. The Labute approximate surface area is 115 Å². The minimum absolute atomic E-state index is 0.575. The molecule has 4 heteroatoms. The third-order valence-electron chi connectivity index (χ3n) is 3.24. The molecule has 0 atom stereocenters. The lowest BCUT2D eigenvalue weighted by atomic mass is 10.3. The standard InChI is InChI=1S/C14H22ClN3/c1-3-5-9-18(11-7-8-11)14-10-12(15)16-13(17-14)6-4-2/h10-11H,3-9H2,1-2H3. The van der Waals surface area contributed by atoms with Crippen molar-refractivity contribution in [1.82, 2.24) is 9.97 Å². The lowest BCUT2D eigenvalue weighted by Gasteiger charge is -2.23. The number of aryl methyl sites for hydroxylation is 1. The Hall–Kier alpha value is -0.830. The third-order valence-corrected chi connectivity index (χ3v) is 3.43. The molecule has 0 radical (unpaired) electrons. The molecule has 0 N–H and O–H groups in total. The normalized spacial score (nSPS) is 14.8. The molecular formula is C14H22ClN3. The molecule has 0 saturated heterocycles. The van der Waals surface area contributed by atoms with E-state index in [1.807, 2.05) is 6.07 Å². The average molecular weight is 268 g/mol. The van der Waals surface area contributed by atoms with Crippen LogP contribution in [0.4, 0.5) is 5.82 Å². The molecule has 1 heterocycles. The fourth-order valence-electron chi connectivity index (χ4n) is 2.13. The van der Waals surface area contributed by atoms with Crippen molar-refractivity contribution in [2.45, 2.75) is 58.4 Å². The Kier molecular flexibility index (Phi) is 4.81. The lowest BCUT2D eigenvalue weighted by Crippen LogP contribution is -2.28. The molecule has 0 spiro atoms. The van der Waals surface area contributed by atoms with Gasteiger partial charge in [0.25, 0.3) is 0 Å². The number of nitrogens with zero attached hydrogens (tertiary/aromatic N) is 3. The van der Waals surface area contributed by atoms with Crippen LogP contribution in [0.15, 0.2) is 6.07 Å². The van der Waals surface area contributed by atoms with Crippen LogP contribution in [-0.2, 0) is 6.42 Å². The van der Waals surface area contributed by atoms with E-state index in [0.29, 0.717) is 11.2 Å². The number of aromatic nitrogens is 2. The van der Waals surface area contributed by atoms with E-state index in [-0.39, 0.29) is 0 Å². The lowest BCUT2D eigenvalue weighted by molar-refractivity contribution is 0.698. The first-order valence-electron chi connectivity index (χ1n) is 7.04. The van der Waals surface area contributed by atoms with Crippen LogP contribution in [0.1, 0.15) is 51.8 Å². The van der Waals surface area contributed by atoms with E-state index in [2.05, 4.69) is 28.7 Å². The smallest absolute Gasteiger partial charge is 0.134 e. The number of halogens is 1. The van der Waals surface area contributed by atoms with Crippen molar-refractivity contribution in [1.29, 1.82) is 0 Å². The fraction of sp³-hybridized carbons (Fsp3) is 0.714. The van der Waals surface area contributed by atoms with Gasteiger partial charge in [-0.2, -0.15) is 0 Å². The van der Waals surface area contributed by atoms with Crippen LogP contribution in [0.5, 0.6) is 0 Å². The van der Waals surface area contributed by atoms with Gasteiger partial charge in [0.1, 0.15) is 16.8 Å². The number of anilines is 1. The van der Waals surface area contributed by atoms with Crippen LogP contribution in [0.2, 0.25) is 5.15 Å². The highest BCUT2D eigenvalue weighted by molar-refractivity contribution is 6.29. The minimum atomic E-state index is 0.575. The van der Waals surface area contributed by atoms with Gasteiger partial charge in [-0.25, -0.2) is 9.97 Å². The van der Waals surface area contributed by atoms with Gasteiger partial charge in [-0.1, -0.05) is 31.9 Å². The molecule has 0 bridgehead atoms. The summed E-state index contributed by atoms with van der Waals surface area (Å²) in [6, 6.07) is 2.59. The van der Waals surface area contributed by atoms with Gasteiger partial charge in [0, 0.05) is 25.1 Å². The van der Waals surface area contributed by atoms with Gasteiger partial charge in [0.15, 0.2) is 0 Å². The van der Waals surface area contributed by atoms with Crippen molar-refractivity contribution in [3.8, 4) is 0 Å². The van der Waals surface area contributed by atoms with Crippen LogP contribution in [-0.4, -0.2) is 22.6 Å². The number of unbranched alkanes of at least 4 members (excludes halogenated alkanes) is 1. The molecule has 2 rings (SSSR count). The molecule has 1 aliphatic rings. The maximum atomic E-state index is 6.11. The van der Waals surface area contributed by atoms with Crippen LogP contribution in [0.25, 0.3) is 0 Å². The predicted octanol–water partition coefficient (Wildman–Crippen LogP) is 3.85. The first kappa shape index (κ1) is 13.6. The SMILES string of the molecule is CCCCN(c1cc(Cl)nc(CCC)n1)C1CC1. The molecule has 0 unspecified atom stereocenters. The Morgan fingerprint density at radius 3 is 2.67 bits per heavy atom. The Bertz CT molecular complexity index is 391. The highest BCUT2D eigenvalue weighted by Crippen LogP contribution is 2.31. The number of hydrogen-bond donors (Lipinski definition) is 0. The molecule has 1 aliphatic carbocycles. The highest BCUT2D eigenvalue weighted by Gasteiger charge is 2.29. The summed E-state index contributed by atoms with van der Waals surface area (Å²) in [4.78, 5) is 11.4. The van der Waals surface area contributed by atoms with Crippen molar-refractivity contribution in [2.24, 2.45) is 0 Å². The van der Waals surface area contributed by atoms with E-state index in [4.69, 9.17) is 11.6 Å². The summed E-state index contributed by atoms with van der Waals surface area (Å²) >= 11 is 6.11. The first-order valence-corrected chi connectivity index (χ1v) is 7.42. The highest BCUT2D eigenvalue weighted by atomic mass is 35.5. The number of rotatable bonds is 7. The quantitative estimate of drug-likeness (QED) is 0.703. The zero-order valence-electron chi connectivity index (χ0n) is 11.3. The van der Waals surface area contributed by atoms with Gasteiger partial charge in [-0.3, -0.25) is 0 Å². The van der Waals surface area contributed by atoms with Gasteiger partial charge < -0.3 is 4.90 Å². The van der Waals surface area contributed by atoms with Crippen molar-refractivity contribution in [2.75, 3.05) is 11.4 Å². The Morgan fingerprint density at radius 1 is 1.28 bits per heavy atom.